The van der Waals surface area contributed by atoms with E-state index < -0.39 is 11.7 Å². The highest BCUT2D eigenvalue weighted by Gasteiger charge is 2.48. The third-order valence-corrected chi connectivity index (χ3v) is 6.08. The number of nitrogens with two attached hydrogens (primary N) is 1. The molecule has 1 heterocycles. The molecule has 1 aliphatic heterocycles. The highest BCUT2D eigenvalue weighted by atomic mass is 19.4. The van der Waals surface area contributed by atoms with Crippen LogP contribution in [-0.4, -0.2) is 23.4 Å². The van der Waals surface area contributed by atoms with Gasteiger partial charge in [0.15, 0.2) is 0 Å². The van der Waals surface area contributed by atoms with E-state index in [9.17, 15) is 18.0 Å². The number of hydrogen-bond donors (Lipinski definition) is 1. The maximum absolute atomic E-state index is 12.8. The van der Waals surface area contributed by atoms with Crippen LogP contribution in [0.25, 0.3) is 0 Å². The van der Waals surface area contributed by atoms with E-state index in [1.165, 1.54) is 12.1 Å². The van der Waals surface area contributed by atoms with Crippen LogP contribution in [-0.2, 0) is 23.9 Å². The number of benzene rings is 1. The summed E-state index contributed by atoms with van der Waals surface area (Å²) >= 11 is 0. The van der Waals surface area contributed by atoms with E-state index in [2.05, 4.69) is 0 Å². The highest BCUT2D eigenvalue weighted by Crippen LogP contribution is 2.49. The number of nitrogens with zero attached hydrogens (tertiary/aromatic N) is 1. The quantitative estimate of drug-likeness (QED) is 0.856. The molecule has 2 fully saturated rings. The van der Waals surface area contributed by atoms with Crippen molar-refractivity contribution >= 4 is 5.91 Å². The predicted molar refractivity (Wildman–Crippen MR) is 82.9 cm³/mol. The molecular formula is C18H21F3N2O. The first-order chi connectivity index (χ1) is 11.3. The van der Waals surface area contributed by atoms with Crippen molar-refractivity contribution in [3.05, 3.63) is 34.9 Å². The summed E-state index contributed by atoms with van der Waals surface area (Å²) in [6, 6.07) is 4.11. The number of carbonyl (C=O) groups is 1. The van der Waals surface area contributed by atoms with E-state index in [1.807, 2.05) is 4.90 Å². The standard InChI is InChI=1S/C18H21F3N2O/c19-18(20,21)14-2-1-11-9-23(4-3-10(11)6-14)17(24)13-5-12-8-16(22)15(12)7-13/h1-2,6,12-13,15-16H,3-5,7-9,22H2/t12-,13?,15-,16+/m0/s1. The van der Waals surface area contributed by atoms with Crippen molar-refractivity contribution in [3.8, 4) is 0 Å². The van der Waals surface area contributed by atoms with Gasteiger partial charge in [-0.25, -0.2) is 0 Å². The van der Waals surface area contributed by atoms with Gasteiger partial charge in [-0.2, -0.15) is 13.2 Å². The van der Waals surface area contributed by atoms with E-state index in [0.717, 1.165) is 30.9 Å². The smallest absolute Gasteiger partial charge is 0.338 e. The fourth-order valence-electron chi connectivity index (χ4n) is 4.66. The van der Waals surface area contributed by atoms with Gasteiger partial charge in [0.2, 0.25) is 5.91 Å². The minimum Gasteiger partial charge on any atom is -0.338 e. The fraction of sp³-hybridized carbons (Fsp3) is 0.611. The number of halogens is 3. The van der Waals surface area contributed by atoms with Gasteiger partial charge in [-0.3, -0.25) is 4.79 Å². The normalized spacial score (nSPS) is 32.1. The minimum atomic E-state index is -4.32. The first-order valence-corrected chi connectivity index (χ1v) is 8.56. The molecule has 0 bridgehead atoms. The minimum absolute atomic E-state index is 0.0459. The molecule has 2 aliphatic carbocycles. The van der Waals surface area contributed by atoms with Crippen LogP contribution in [0.15, 0.2) is 18.2 Å². The molecule has 3 nitrogen and oxygen atoms in total. The summed E-state index contributed by atoms with van der Waals surface area (Å²) in [5.74, 6) is 1.29. The van der Waals surface area contributed by atoms with E-state index in [4.69, 9.17) is 5.73 Å². The highest BCUT2D eigenvalue weighted by molar-refractivity contribution is 5.79. The van der Waals surface area contributed by atoms with Gasteiger partial charge in [0.05, 0.1) is 5.56 Å². The second kappa shape index (κ2) is 5.48. The summed E-state index contributed by atoms with van der Waals surface area (Å²) in [5.41, 5.74) is 6.94. The van der Waals surface area contributed by atoms with Crippen LogP contribution < -0.4 is 5.73 Å². The first kappa shape index (κ1) is 15.9. The van der Waals surface area contributed by atoms with Crippen LogP contribution in [0.3, 0.4) is 0 Å². The molecule has 1 aromatic rings. The molecule has 0 aromatic heterocycles. The zero-order valence-corrected chi connectivity index (χ0v) is 13.4. The Labute approximate surface area is 139 Å². The summed E-state index contributed by atoms with van der Waals surface area (Å²) in [5, 5.41) is 0. The zero-order chi connectivity index (χ0) is 17.1. The fourth-order valence-corrected chi connectivity index (χ4v) is 4.66. The summed E-state index contributed by atoms with van der Waals surface area (Å²) < 4.78 is 38.4. The molecule has 0 radical (unpaired) electrons. The summed E-state index contributed by atoms with van der Waals surface area (Å²) in [6.07, 6.45) is -1.000. The molecule has 2 N–H and O–H groups in total. The predicted octanol–water partition coefficient (Wildman–Crippen LogP) is 2.96. The number of hydrogen-bond acceptors (Lipinski definition) is 2. The van der Waals surface area contributed by atoms with Gasteiger partial charge < -0.3 is 10.6 Å². The number of fused-ring (bicyclic) bond motifs is 2. The number of amides is 1. The van der Waals surface area contributed by atoms with Crippen molar-refractivity contribution in [1.82, 2.24) is 4.90 Å². The third kappa shape index (κ3) is 2.61. The van der Waals surface area contributed by atoms with E-state index in [1.54, 1.807) is 0 Å². The van der Waals surface area contributed by atoms with E-state index in [0.29, 0.717) is 36.9 Å². The Bertz CT molecular complexity index is 673. The van der Waals surface area contributed by atoms with Gasteiger partial charge in [-0.15, -0.1) is 0 Å². The molecule has 1 unspecified atom stereocenters. The molecule has 24 heavy (non-hydrogen) atoms. The lowest BCUT2D eigenvalue weighted by Gasteiger charge is -2.37. The van der Waals surface area contributed by atoms with Crippen molar-refractivity contribution < 1.29 is 18.0 Å². The maximum Gasteiger partial charge on any atom is 0.416 e. The Kier molecular flexibility index (Phi) is 3.64. The topological polar surface area (TPSA) is 46.3 Å². The third-order valence-electron chi connectivity index (χ3n) is 6.08. The number of rotatable bonds is 1. The van der Waals surface area contributed by atoms with Crippen molar-refractivity contribution in [2.75, 3.05) is 6.54 Å². The molecule has 4 rings (SSSR count). The Hall–Kier alpha value is -1.56. The van der Waals surface area contributed by atoms with Crippen molar-refractivity contribution in [2.24, 2.45) is 23.5 Å². The molecular weight excluding hydrogens is 317 g/mol. The summed E-state index contributed by atoms with van der Waals surface area (Å²) in [4.78, 5) is 14.6. The number of alkyl halides is 3. The second-order valence-corrected chi connectivity index (χ2v) is 7.48. The molecule has 4 atom stereocenters. The van der Waals surface area contributed by atoms with Crippen LogP contribution in [0.2, 0.25) is 0 Å². The van der Waals surface area contributed by atoms with Crippen LogP contribution >= 0.6 is 0 Å². The lowest BCUT2D eigenvalue weighted by atomic mass is 9.72. The Morgan fingerprint density at radius 3 is 2.62 bits per heavy atom. The van der Waals surface area contributed by atoms with Gasteiger partial charge in [-0.05, 0) is 60.8 Å². The van der Waals surface area contributed by atoms with Crippen LogP contribution in [0, 0.1) is 17.8 Å². The SMILES string of the molecule is N[C@@H]1C[C@@H]2CC(C(=O)N3CCc4cc(C(F)(F)F)ccc4C3)C[C@@H]21. The summed E-state index contributed by atoms with van der Waals surface area (Å²) in [6.45, 7) is 0.926. The van der Waals surface area contributed by atoms with E-state index in [-0.39, 0.29) is 17.9 Å². The average Bonchev–Trinajstić information content (AvgIpc) is 2.89. The van der Waals surface area contributed by atoms with Crippen molar-refractivity contribution in [1.29, 1.82) is 0 Å². The van der Waals surface area contributed by atoms with Gasteiger partial charge in [0.1, 0.15) is 0 Å². The maximum atomic E-state index is 12.8. The largest absolute Gasteiger partial charge is 0.416 e. The van der Waals surface area contributed by atoms with Gasteiger partial charge in [0, 0.05) is 25.0 Å². The molecule has 0 saturated heterocycles. The average molecular weight is 338 g/mol. The van der Waals surface area contributed by atoms with Gasteiger partial charge in [0.25, 0.3) is 0 Å². The van der Waals surface area contributed by atoms with Gasteiger partial charge in [-0.1, -0.05) is 6.07 Å². The molecule has 130 valence electrons. The lowest BCUT2D eigenvalue weighted by molar-refractivity contribution is -0.138. The molecule has 3 aliphatic rings. The molecule has 1 amide bonds. The van der Waals surface area contributed by atoms with E-state index >= 15 is 0 Å². The van der Waals surface area contributed by atoms with Gasteiger partial charge >= 0.3 is 6.18 Å². The Morgan fingerprint density at radius 2 is 1.96 bits per heavy atom. The first-order valence-electron chi connectivity index (χ1n) is 8.56. The molecule has 6 heteroatoms. The van der Waals surface area contributed by atoms with Crippen molar-refractivity contribution in [3.63, 3.8) is 0 Å². The summed E-state index contributed by atoms with van der Waals surface area (Å²) in [7, 11) is 0. The monoisotopic (exact) mass is 338 g/mol. The van der Waals surface area contributed by atoms with Crippen LogP contribution in [0.1, 0.15) is 36.0 Å². The Balaban J connectivity index is 1.46. The lowest BCUT2D eigenvalue weighted by Crippen LogP contribution is -2.44. The second-order valence-electron chi connectivity index (χ2n) is 7.48. The van der Waals surface area contributed by atoms with Crippen LogP contribution in [0.5, 0.6) is 0 Å². The van der Waals surface area contributed by atoms with Crippen molar-refractivity contribution in [2.45, 2.75) is 44.4 Å². The molecule has 1 aromatic carbocycles. The molecule has 0 spiro atoms. The zero-order valence-electron chi connectivity index (χ0n) is 13.4. The number of carbonyl (C=O) groups excluding carboxylic acids is 1. The van der Waals surface area contributed by atoms with Crippen LogP contribution in [0.4, 0.5) is 13.2 Å². The Morgan fingerprint density at radius 1 is 1.17 bits per heavy atom. The molecule has 2 saturated carbocycles.